The monoisotopic (exact) mass is 377 g/mol. The lowest BCUT2D eigenvalue weighted by atomic mass is 10.3. The van der Waals surface area contributed by atoms with E-state index in [9.17, 15) is 13.2 Å². The van der Waals surface area contributed by atoms with E-state index < -0.39 is 12.7 Å². The number of hydrogen-bond acceptors (Lipinski definition) is 4. The normalized spacial score (nSPS) is 19.4. The summed E-state index contributed by atoms with van der Waals surface area (Å²) in [6.45, 7) is 4.85. The Labute approximate surface area is 150 Å². The van der Waals surface area contributed by atoms with Gasteiger partial charge < -0.3 is 10.6 Å². The highest BCUT2D eigenvalue weighted by molar-refractivity contribution is 7.11. The average Bonchev–Trinajstić information content (AvgIpc) is 3.10. The molecule has 1 saturated heterocycles. The maximum Gasteiger partial charge on any atom is 0.401 e. The summed E-state index contributed by atoms with van der Waals surface area (Å²) >= 11 is 1.71. The third-order valence-electron chi connectivity index (χ3n) is 4.14. The molecule has 2 N–H and O–H groups in total. The number of aliphatic imine (C=N–C) groups is 1. The maximum absolute atomic E-state index is 12.4. The van der Waals surface area contributed by atoms with E-state index in [1.807, 2.05) is 0 Å². The summed E-state index contributed by atoms with van der Waals surface area (Å²) in [4.78, 5) is 11.4. The molecule has 1 aliphatic rings. The minimum absolute atomic E-state index is 0.0117. The summed E-state index contributed by atoms with van der Waals surface area (Å²) < 4.78 is 37.3. The first-order valence-electron chi connectivity index (χ1n) is 8.52. The SMILES string of the molecule is CCc1nc(CCNC(=NC)NC2CCN(CC(F)(F)F)C2)sc1C. The molecule has 2 heterocycles. The number of nitrogens with one attached hydrogen (secondary N) is 2. The van der Waals surface area contributed by atoms with Gasteiger partial charge in [0.05, 0.1) is 17.2 Å². The van der Waals surface area contributed by atoms with Gasteiger partial charge in [0.15, 0.2) is 5.96 Å². The maximum atomic E-state index is 12.4. The Morgan fingerprint density at radius 3 is 2.80 bits per heavy atom. The van der Waals surface area contributed by atoms with Crippen LogP contribution in [0.25, 0.3) is 0 Å². The van der Waals surface area contributed by atoms with E-state index in [-0.39, 0.29) is 6.04 Å². The Bertz CT molecular complexity index is 585. The van der Waals surface area contributed by atoms with Gasteiger partial charge in [0.2, 0.25) is 0 Å². The predicted molar refractivity (Wildman–Crippen MR) is 95.3 cm³/mol. The van der Waals surface area contributed by atoms with Crippen LogP contribution in [-0.2, 0) is 12.8 Å². The highest BCUT2D eigenvalue weighted by Gasteiger charge is 2.34. The molecule has 1 aliphatic heterocycles. The van der Waals surface area contributed by atoms with Crippen LogP contribution in [0.15, 0.2) is 4.99 Å². The standard InChI is InChI=1S/C16H26F3N5S/c1-4-13-11(2)25-14(23-13)5-7-21-15(20-3)22-12-6-8-24(9-12)10-16(17,18)19/h12H,4-10H2,1-3H3,(H2,20,21,22). The zero-order chi connectivity index (χ0) is 18.4. The lowest BCUT2D eigenvalue weighted by molar-refractivity contribution is -0.143. The molecule has 0 aromatic carbocycles. The van der Waals surface area contributed by atoms with Crippen molar-refractivity contribution < 1.29 is 13.2 Å². The van der Waals surface area contributed by atoms with Gasteiger partial charge in [-0.25, -0.2) is 4.98 Å². The van der Waals surface area contributed by atoms with E-state index in [1.54, 1.807) is 18.4 Å². The highest BCUT2D eigenvalue weighted by atomic mass is 32.1. The summed E-state index contributed by atoms with van der Waals surface area (Å²) in [5, 5.41) is 7.52. The van der Waals surface area contributed by atoms with E-state index in [2.05, 4.69) is 34.5 Å². The van der Waals surface area contributed by atoms with Crippen LogP contribution in [0.4, 0.5) is 13.2 Å². The van der Waals surface area contributed by atoms with Crippen LogP contribution in [0.1, 0.15) is 28.9 Å². The van der Waals surface area contributed by atoms with Crippen LogP contribution in [0, 0.1) is 6.92 Å². The molecule has 0 amide bonds. The van der Waals surface area contributed by atoms with Crippen molar-refractivity contribution in [1.82, 2.24) is 20.5 Å². The lowest BCUT2D eigenvalue weighted by Gasteiger charge is -2.19. The first-order chi connectivity index (χ1) is 11.8. The second kappa shape index (κ2) is 8.84. The molecule has 1 fully saturated rings. The van der Waals surface area contributed by atoms with Crippen LogP contribution in [0.2, 0.25) is 0 Å². The highest BCUT2D eigenvalue weighted by Crippen LogP contribution is 2.20. The van der Waals surface area contributed by atoms with Crippen molar-refractivity contribution >= 4 is 17.3 Å². The number of halogens is 3. The lowest BCUT2D eigenvalue weighted by Crippen LogP contribution is -2.45. The summed E-state index contributed by atoms with van der Waals surface area (Å²) in [5.74, 6) is 0.628. The second-order valence-corrected chi connectivity index (χ2v) is 7.48. The van der Waals surface area contributed by atoms with Crippen LogP contribution in [0.3, 0.4) is 0 Å². The van der Waals surface area contributed by atoms with Gasteiger partial charge in [-0.05, 0) is 19.8 Å². The quantitative estimate of drug-likeness (QED) is 0.590. The fourth-order valence-electron chi connectivity index (χ4n) is 2.95. The molecule has 25 heavy (non-hydrogen) atoms. The first kappa shape index (κ1) is 20.0. The Kier molecular flexibility index (Phi) is 7.06. The molecule has 142 valence electrons. The van der Waals surface area contributed by atoms with E-state index >= 15 is 0 Å². The largest absolute Gasteiger partial charge is 0.401 e. The van der Waals surface area contributed by atoms with E-state index in [1.165, 1.54) is 9.78 Å². The molecule has 1 unspecified atom stereocenters. The number of aryl methyl sites for hydroxylation is 2. The van der Waals surface area contributed by atoms with Crippen LogP contribution < -0.4 is 10.6 Å². The molecule has 1 atom stereocenters. The fraction of sp³-hybridized carbons (Fsp3) is 0.750. The number of alkyl halides is 3. The summed E-state index contributed by atoms with van der Waals surface area (Å²) in [6.07, 6.45) is -1.72. The van der Waals surface area contributed by atoms with E-state index in [4.69, 9.17) is 0 Å². The number of rotatable bonds is 6. The molecule has 0 bridgehead atoms. The number of aromatic nitrogens is 1. The van der Waals surface area contributed by atoms with Crippen LogP contribution in [-0.4, -0.2) is 61.3 Å². The van der Waals surface area contributed by atoms with Crippen molar-refractivity contribution in [3.8, 4) is 0 Å². The number of hydrogen-bond donors (Lipinski definition) is 2. The van der Waals surface area contributed by atoms with E-state index in [0.717, 1.165) is 23.5 Å². The average molecular weight is 377 g/mol. The second-order valence-electron chi connectivity index (χ2n) is 6.19. The molecule has 9 heteroatoms. The topological polar surface area (TPSA) is 52.6 Å². The first-order valence-corrected chi connectivity index (χ1v) is 9.33. The van der Waals surface area contributed by atoms with Crippen LogP contribution >= 0.6 is 11.3 Å². The van der Waals surface area contributed by atoms with Gasteiger partial charge in [-0.2, -0.15) is 13.2 Å². The van der Waals surface area contributed by atoms with Crippen molar-refractivity contribution in [3.05, 3.63) is 15.6 Å². The van der Waals surface area contributed by atoms with Crippen molar-refractivity contribution in [1.29, 1.82) is 0 Å². The molecule has 0 saturated carbocycles. The molecule has 0 radical (unpaired) electrons. The van der Waals surface area contributed by atoms with Crippen molar-refractivity contribution in [2.75, 3.05) is 33.2 Å². The smallest absolute Gasteiger partial charge is 0.356 e. The van der Waals surface area contributed by atoms with Gasteiger partial charge in [0.1, 0.15) is 0 Å². The summed E-state index contributed by atoms with van der Waals surface area (Å²) in [5.41, 5.74) is 1.15. The Balaban J connectivity index is 1.74. The zero-order valence-corrected chi connectivity index (χ0v) is 15.7. The van der Waals surface area contributed by atoms with Gasteiger partial charge >= 0.3 is 6.18 Å². The van der Waals surface area contributed by atoms with E-state index in [0.29, 0.717) is 32.0 Å². The minimum atomic E-state index is -4.14. The Morgan fingerprint density at radius 1 is 1.44 bits per heavy atom. The minimum Gasteiger partial charge on any atom is -0.356 e. The number of nitrogens with zero attached hydrogens (tertiary/aromatic N) is 3. The summed E-state index contributed by atoms with van der Waals surface area (Å²) in [6, 6.07) is -0.0117. The van der Waals surface area contributed by atoms with Crippen LogP contribution in [0.5, 0.6) is 0 Å². The fourth-order valence-corrected chi connectivity index (χ4v) is 3.97. The number of thiazole rings is 1. The molecule has 1 aromatic rings. The van der Waals surface area contributed by atoms with Crippen molar-refractivity contribution in [2.45, 2.75) is 45.3 Å². The van der Waals surface area contributed by atoms with Gasteiger partial charge in [-0.15, -0.1) is 11.3 Å². The zero-order valence-electron chi connectivity index (χ0n) is 14.9. The van der Waals surface area contributed by atoms with Gasteiger partial charge in [-0.3, -0.25) is 9.89 Å². The Morgan fingerprint density at radius 2 is 2.20 bits per heavy atom. The third-order valence-corrected chi connectivity index (χ3v) is 5.22. The summed E-state index contributed by atoms with van der Waals surface area (Å²) in [7, 11) is 1.67. The molecule has 1 aromatic heterocycles. The third kappa shape index (κ3) is 6.47. The molecular weight excluding hydrogens is 351 g/mol. The van der Waals surface area contributed by atoms with Gasteiger partial charge in [-0.1, -0.05) is 6.92 Å². The van der Waals surface area contributed by atoms with Gasteiger partial charge in [0, 0.05) is 44.0 Å². The molecule has 0 spiro atoms. The predicted octanol–water partition coefficient (Wildman–Crippen LogP) is 2.36. The van der Waals surface area contributed by atoms with Gasteiger partial charge in [0.25, 0.3) is 0 Å². The Hall–Kier alpha value is -1.35. The molecular formula is C16H26F3N5S. The van der Waals surface area contributed by atoms with Crippen molar-refractivity contribution in [2.24, 2.45) is 4.99 Å². The van der Waals surface area contributed by atoms with Crippen molar-refractivity contribution in [3.63, 3.8) is 0 Å². The molecule has 2 rings (SSSR count). The number of guanidine groups is 1. The molecule has 0 aliphatic carbocycles. The molecule has 5 nitrogen and oxygen atoms in total. The number of likely N-dealkylation sites (tertiary alicyclic amines) is 1.